The average Bonchev–Trinajstić information content (AvgIpc) is 3.41. The number of ether oxygens (including phenoxy) is 2. The van der Waals surface area contributed by atoms with Crippen molar-refractivity contribution in [2.45, 2.75) is 19.0 Å². The van der Waals surface area contributed by atoms with E-state index in [9.17, 15) is 13.2 Å². The lowest BCUT2D eigenvalue weighted by atomic mass is 10.1. The summed E-state index contributed by atoms with van der Waals surface area (Å²) in [6.45, 7) is 4.72. The molecule has 3 heterocycles. The number of rotatable bonds is 6. The first kappa shape index (κ1) is 22.2. The summed E-state index contributed by atoms with van der Waals surface area (Å²) in [4.78, 5) is 19.6. The molecular weight excluding hydrogens is 442 g/mol. The molecule has 0 N–H and O–H groups in total. The molecule has 9 heteroatoms. The summed E-state index contributed by atoms with van der Waals surface area (Å²) in [5.74, 6) is 1.74. The van der Waals surface area contributed by atoms with Gasteiger partial charge in [0, 0.05) is 38.4 Å². The fraction of sp³-hybridized carbons (Fsp3) is 0.458. The third-order valence-electron chi connectivity index (χ3n) is 6.54. The number of nitrogens with zero attached hydrogens (tertiary/aromatic N) is 3. The van der Waals surface area contributed by atoms with Crippen LogP contribution in [0.3, 0.4) is 0 Å². The maximum absolute atomic E-state index is 13.3. The van der Waals surface area contributed by atoms with Gasteiger partial charge in [-0.15, -0.1) is 0 Å². The number of sulfone groups is 1. The Kier molecular flexibility index (Phi) is 6.27. The van der Waals surface area contributed by atoms with Crippen LogP contribution in [0.5, 0.6) is 11.5 Å². The third-order valence-corrected chi connectivity index (χ3v) is 8.29. The molecule has 5 rings (SSSR count). The Bertz CT molecular complexity index is 1100. The fourth-order valence-corrected chi connectivity index (χ4v) is 6.50. The minimum Gasteiger partial charge on any atom is -0.454 e. The smallest absolute Gasteiger partial charge is 0.241 e. The number of amides is 1. The van der Waals surface area contributed by atoms with Crippen LogP contribution in [-0.4, -0.2) is 81.2 Å². The van der Waals surface area contributed by atoms with E-state index in [0.717, 1.165) is 49.9 Å². The van der Waals surface area contributed by atoms with Gasteiger partial charge in [0.25, 0.3) is 0 Å². The summed E-state index contributed by atoms with van der Waals surface area (Å²) in [5, 5.41) is 0. The standard InChI is InChI=1S/C24H29N3O5S/c28-24(27(20-4-2-1-3-5-20)21-8-13-33(29,30)17-21)16-26-11-9-25(10-12-26)15-19-6-7-22-23(14-19)32-18-31-22/h1-7,14,21H,8-13,15-18H2. The molecule has 0 aromatic heterocycles. The van der Waals surface area contributed by atoms with E-state index in [1.54, 1.807) is 4.90 Å². The van der Waals surface area contributed by atoms with Gasteiger partial charge in [-0.3, -0.25) is 14.6 Å². The maximum atomic E-state index is 13.3. The molecule has 1 amide bonds. The van der Waals surface area contributed by atoms with Crippen molar-refractivity contribution in [1.82, 2.24) is 9.80 Å². The predicted octanol–water partition coefficient (Wildman–Crippen LogP) is 1.75. The molecule has 2 aromatic carbocycles. The number of fused-ring (bicyclic) bond motifs is 1. The molecule has 0 spiro atoms. The van der Waals surface area contributed by atoms with Gasteiger partial charge < -0.3 is 14.4 Å². The molecule has 0 aliphatic carbocycles. The van der Waals surface area contributed by atoms with Crippen LogP contribution in [0, 0.1) is 0 Å². The first-order valence-corrected chi connectivity index (χ1v) is 13.2. The highest BCUT2D eigenvalue weighted by molar-refractivity contribution is 7.91. The van der Waals surface area contributed by atoms with Crippen molar-refractivity contribution < 1.29 is 22.7 Å². The Morgan fingerprint density at radius 2 is 1.70 bits per heavy atom. The van der Waals surface area contributed by atoms with Crippen LogP contribution in [-0.2, 0) is 21.2 Å². The van der Waals surface area contributed by atoms with Crippen LogP contribution in [0.2, 0.25) is 0 Å². The van der Waals surface area contributed by atoms with Crippen molar-refractivity contribution in [1.29, 1.82) is 0 Å². The molecule has 3 aliphatic rings. The number of hydrogen-bond acceptors (Lipinski definition) is 7. The number of para-hydroxylation sites is 1. The zero-order chi connectivity index (χ0) is 22.8. The second kappa shape index (κ2) is 9.32. The zero-order valence-corrected chi connectivity index (χ0v) is 19.4. The highest BCUT2D eigenvalue weighted by Crippen LogP contribution is 2.33. The molecule has 1 unspecified atom stereocenters. The summed E-state index contributed by atoms with van der Waals surface area (Å²) in [7, 11) is -3.09. The molecule has 8 nitrogen and oxygen atoms in total. The van der Waals surface area contributed by atoms with Gasteiger partial charge >= 0.3 is 0 Å². The van der Waals surface area contributed by atoms with Crippen molar-refractivity contribution in [2.24, 2.45) is 0 Å². The highest BCUT2D eigenvalue weighted by Gasteiger charge is 2.36. The molecular formula is C24H29N3O5S. The van der Waals surface area contributed by atoms with E-state index in [1.807, 2.05) is 42.5 Å². The van der Waals surface area contributed by atoms with E-state index in [0.29, 0.717) is 13.0 Å². The Morgan fingerprint density at radius 1 is 0.970 bits per heavy atom. The van der Waals surface area contributed by atoms with E-state index >= 15 is 0 Å². The molecule has 33 heavy (non-hydrogen) atoms. The van der Waals surface area contributed by atoms with Gasteiger partial charge in [-0.2, -0.15) is 0 Å². The van der Waals surface area contributed by atoms with Crippen LogP contribution in [0.1, 0.15) is 12.0 Å². The van der Waals surface area contributed by atoms with Crippen LogP contribution >= 0.6 is 0 Å². The summed E-state index contributed by atoms with van der Waals surface area (Å²) in [6, 6.07) is 15.2. The summed E-state index contributed by atoms with van der Waals surface area (Å²) >= 11 is 0. The number of carbonyl (C=O) groups is 1. The minimum atomic E-state index is -3.09. The second-order valence-electron chi connectivity index (χ2n) is 8.90. The summed E-state index contributed by atoms with van der Waals surface area (Å²) < 4.78 is 35.0. The van der Waals surface area contributed by atoms with E-state index in [-0.39, 0.29) is 30.2 Å². The Labute approximate surface area is 194 Å². The highest BCUT2D eigenvalue weighted by atomic mass is 32.2. The molecule has 2 saturated heterocycles. The average molecular weight is 472 g/mol. The van der Waals surface area contributed by atoms with Crippen molar-refractivity contribution in [3.05, 3.63) is 54.1 Å². The Hall–Kier alpha value is -2.62. The first-order valence-electron chi connectivity index (χ1n) is 11.4. The molecule has 0 bridgehead atoms. The van der Waals surface area contributed by atoms with Crippen LogP contribution in [0.25, 0.3) is 0 Å². The third kappa shape index (κ3) is 5.15. The maximum Gasteiger partial charge on any atom is 0.241 e. The van der Waals surface area contributed by atoms with Gasteiger partial charge in [0.15, 0.2) is 21.3 Å². The number of carbonyl (C=O) groups excluding carboxylic acids is 1. The molecule has 2 fully saturated rings. The molecule has 2 aromatic rings. The van der Waals surface area contributed by atoms with E-state index in [1.165, 1.54) is 5.56 Å². The number of piperazine rings is 1. The normalized spacial score (nSPS) is 22.4. The first-order chi connectivity index (χ1) is 16.0. The minimum absolute atomic E-state index is 0.0347. The number of anilines is 1. The Morgan fingerprint density at radius 3 is 2.42 bits per heavy atom. The van der Waals surface area contributed by atoms with Gasteiger partial charge in [0.05, 0.1) is 24.1 Å². The van der Waals surface area contributed by atoms with Gasteiger partial charge in [0.1, 0.15) is 0 Å². The van der Waals surface area contributed by atoms with Crippen molar-refractivity contribution in [3.8, 4) is 11.5 Å². The van der Waals surface area contributed by atoms with E-state index in [2.05, 4.69) is 15.9 Å². The lowest BCUT2D eigenvalue weighted by molar-refractivity contribution is -0.120. The number of benzene rings is 2. The van der Waals surface area contributed by atoms with Gasteiger partial charge in [0.2, 0.25) is 12.7 Å². The molecule has 3 aliphatic heterocycles. The Balaban J connectivity index is 1.19. The largest absolute Gasteiger partial charge is 0.454 e. The predicted molar refractivity (Wildman–Crippen MR) is 125 cm³/mol. The molecule has 176 valence electrons. The van der Waals surface area contributed by atoms with Crippen LogP contribution in [0.4, 0.5) is 5.69 Å². The van der Waals surface area contributed by atoms with Gasteiger partial charge in [-0.05, 0) is 36.2 Å². The van der Waals surface area contributed by atoms with E-state index < -0.39 is 9.84 Å². The lowest BCUT2D eigenvalue weighted by Gasteiger charge is -2.36. The van der Waals surface area contributed by atoms with Crippen molar-refractivity contribution in [2.75, 3.05) is 55.9 Å². The van der Waals surface area contributed by atoms with Crippen molar-refractivity contribution >= 4 is 21.4 Å². The SMILES string of the molecule is O=C(CN1CCN(Cc2ccc3c(c2)OCO3)CC1)N(c1ccccc1)C1CCS(=O)(=O)C1. The van der Waals surface area contributed by atoms with Crippen LogP contribution in [0.15, 0.2) is 48.5 Å². The van der Waals surface area contributed by atoms with Gasteiger partial charge in [-0.1, -0.05) is 24.3 Å². The summed E-state index contributed by atoms with van der Waals surface area (Å²) in [5.41, 5.74) is 1.95. The molecule has 1 atom stereocenters. The quantitative estimate of drug-likeness (QED) is 0.635. The van der Waals surface area contributed by atoms with Crippen LogP contribution < -0.4 is 14.4 Å². The van der Waals surface area contributed by atoms with E-state index in [4.69, 9.17) is 9.47 Å². The topological polar surface area (TPSA) is 79.4 Å². The molecule has 0 saturated carbocycles. The molecule has 0 radical (unpaired) electrons. The second-order valence-corrected chi connectivity index (χ2v) is 11.1. The van der Waals surface area contributed by atoms with Gasteiger partial charge in [-0.25, -0.2) is 8.42 Å². The summed E-state index contributed by atoms with van der Waals surface area (Å²) in [6.07, 6.45) is 0.492. The fourth-order valence-electron chi connectivity index (χ4n) is 4.80. The lowest BCUT2D eigenvalue weighted by Crippen LogP contribution is -2.51. The monoisotopic (exact) mass is 471 g/mol. The van der Waals surface area contributed by atoms with Crippen molar-refractivity contribution in [3.63, 3.8) is 0 Å². The zero-order valence-electron chi connectivity index (χ0n) is 18.6. The number of hydrogen-bond donors (Lipinski definition) is 0.